The molecule has 0 aliphatic heterocycles. The van der Waals surface area contributed by atoms with Crippen LogP contribution < -0.4 is 5.32 Å². The number of rotatable bonds is 8. The van der Waals surface area contributed by atoms with Gasteiger partial charge in [0.05, 0.1) is 6.10 Å². The van der Waals surface area contributed by atoms with Crippen LogP contribution in [0, 0.1) is 0 Å². The van der Waals surface area contributed by atoms with Gasteiger partial charge in [-0.25, -0.2) is 0 Å². The fourth-order valence-corrected chi connectivity index (χ4v) is 1.00. The summed E-state index contributed by atoms with van der Waals surface area (Å²) >= 11 is 0. The van der Waals surface area contributed by atoms with Crippen LogP contribution in [0.3, 0.4) is 0 Å². The number of nitrogens with one attached hydrogen (secondary N) is 1. The highest BCUT2D eigenvalue weighted by atomic mass is 16.5. The molecule has 0 aliphatic rings. The van der Waals surface area contributed by atoms with Crippen molar-refractivity contribution < 1.29 is 14.6 Å². The lowest BCUT2D eigenvalue weighted by atomic mass is 10.2. The van der Waals surface area contributed by atoms with Gasteiger partial charge in [0, 0.05) is 19.1 Å². The molecular formula is C10H21NO3. The van der Waals surface area contributed by atoms with E-state index < -0.39 is 5.97 Å². The maximum Gasteiger partial charge on any atom is 0.303 e. The second-order valence-electron chi connectivity index (χ2n) is 3.59. The summed E-state index contributed by atoms with van der Waals surface area (Å²) in [7, 11) is 1.92. The number of hydrogen-bond donors (Lipinski definition) is 2. The van der Waals surface area contributed by atoms with Crippen LogP contribution in [-0.2, 0) is 9.53 Å². The van der Waals surface area contributed by atoms with Crippen molar-refractivity contribution in [2.24, 2.45) is 0 Å². The maximum absolute atomic E-state index is 10.3. The summed E-state index contributed by atoms with van der Waals surface area (Å²) in [6.07, 6.45) is 1.76. The molecule has 2 N–H and O–H groups in total. The largest absolute Gasteiger partial charge is 0.481 e. The first-order chi connectivity index (χ1) is 6.56. The average Bonchev–Trinajstić information content (AvgIpc) is 2.14. The maximum atomic E-state index is 10.3. The molecule has 0 saturated carbocycles. The third-order valence-electron chi connectivity index (χ3n) is 2.21. The van der Waals surface area contributed by atoms with E-state index in [0.717, 1.165) is 6.42 Å². The normalized spacial score (nSPS) is 15.1. The Bertz CT molecular complexity index is 161. The minimum Gasteiger partial charge on any atom is -0.481 e. The van der Waals surface area contributed by atoms with Crippen LogP contribution >= 0.6 is 0 Å². The zero-order valence-corrected chi connectivity index (χ0v) is 9.25. The van der Waals surface area contributed by atoms with E-state index in [2.05, 4.69) is 12.2 Å². The van der Waals surface area contributed by atoms with Gasteiger partial charge in [0.1, 0.15) is 0 Å². The Hall–Kier alpha value is -0.610. The molecule has 0 bridgehead atoms. The lowest BCUT2D eigenvalue weighted by Crippen LogP contribution is -2.24. The molecule has 0 aromatic rings. The molecule has 0 aromatic carbocycles. The number of ether oxygens (including phenoxy) is 1. The molecule has 2 atom stereocenters. The van der Waals surface area contributed by atoms with E-state index in [1.165, 1.54) is 0 Å². The lowest BCUT2D eigenvalue weighted by Gasteiger charge is -2.14. The first kappa shape index (κ1) is 13.4. The Morgan fingerprint density at radius 3 is 2.57 bits per heavy atom. The quantitative estimate of drug-likeness (QED) is 0.623. The van der Waals surface area contributed by atoms with Gasteiger partial charge in [-0.2, -0.15) is 0 Å². The fraction of sp³-hybridized carbons (Fsp3) is 0.900. The molecule has 2 unspecified atom stereocenters. The first-order valence-electron chi connectivity index (χ1n) is 5.07. The molecule has 0 fully saturated rings. The minimum atomic E-state index is -0.760. The molecule has 0 aliphatic carbocycles. The molecule has 0 amide bonds. The monoisotopic (exact) mass is 203 g/mol. The molecular weight excluding hydrogens is 182 g/mol. The fourth-order valence-electron chi connectivity index (χ4n) is 1.00. The van der Waals surface area contributed by atoms with Gasteiger partial charge in [0.15, 0.2) is 0 Å². The Morgan fingerprint density at radius 2 is 2.07 bits per heavy atom. The second-order valence-corrected chi connectivity index (χ2v) is 3.59. The number of hydrogen-bond acceptors (Lipinski definition) is 3. The van der Waals surface area contributed by atoms with E-state index in [0.29, 0.717) is 19.1 Å². The molecule has 14 heavy (non-hydrogen) atoms. The molecule has 4 nitrogen and oxygen atoms in total. The summed E-state index contributed by atoms with van der Waals surface area (Å²) in [5, 5.41) is 11.6. The smallest absolute Gasteiger partial charge is 0.303 e. The Labute approximate surface area is 85.6 Å². The highest BCUT2D eigenvalue weighted by Gasteiger charge is 2.06. The van der Waals surface area contributed by atoms with Crippen LogP contribution in [0.5, 0.6) is 0 Å². The van der Waals surface area contributed by atoms with Gasteiger partial charge < -0.3 is 15.2 Å². The van der Waals surface area contributed by atoms with E-state index in [1.807, 2.05) is 14.0 Å². The highest BCUT2D eigenvalue weighted by Crippen LogP contribution is 2.03. The van der Waals surface area contributed by atoms with Crippen LogP contribution in [0.2, 0.25) is 0 Å². The molecule has 0 heterocycles. The van der Waals surface area contributed by atoms with E-state index in [-0.39, 0.29) is 12.5 Å². The van der Waals surface area contributed by atoms with Gasteiger partial charge in [-0.3, -0.25) is 4.79 Å². The number of aliphatic carboxylic acids is 1. The van der Waals surface area contributed by atoms with Crippen molar-refractivity contribution in [3.05, 3.63) is 0 Å². The van der Waals surface area contributed by atoms with Crippen LogP contribution in [0.15, 0.2) is 0 Å². The summed E-state index contributed by atoms with van der Waals surface area (Å²) in [6, 6.07) is 0.446. The summed E-state index contributed by atoms with van der Waals surface area (Å²) in [4.78, 5) is 10.3. The van der Waals surface area contributed by atoms with Gasteiger partial charge in [-0.1, -0.05) is 0 Å². The molecule has 0 spiro atoms. The number of carboxylic acids is 1. The van der Waals surface area contributed by atoms with E-state index in [9.17, 15) is 4.79 Å². The minimum absolute atomic E-state index is 0.0372. The van der Waals surface area contributed by atoms with Gasteiger partial charge in [-0.15, -0.1) is 0 Å². The molecule has 0 radical (unpaired) electrons. The molecule has 4 heteroatoms. The third kappa shape index (κ3) is 8.01. The van der Waals surface area contributed by atoms with E-state index >= 15 is 0 Å². The van der Waals surface area contributed by atoms with Crippen molar-refractivity contribution >= 4 is 5.97 Å². The van der Waals surface area contributed by atoms with Crippen molar-refractivity contribution in [1.29, 1.82) is 0 Å². The van der Waals surface area contributed by atoms with Crippen molar-refractivity contribution in [3.8, 4) is 0 Å². The zero-order chi connectivity index (χ0) is 11.0. The van der Waals surface area contributed by atoms with Crippen molar-refractivity contribution in [3.63, 3.8) is 0 Å². The zero-order valence-electron chi connectivity index (χ0n) is 9.25. The van der Waals surface area contributed by atoms with Crippen LogP contribution in [0.25, 0.3) is 0 Å². The highest BCUT2D eigenvalue weighted by molar-refractivity contribution is 5.66. The predicted molar refractivity (Wildman–Crippen MR) is 55.4 cm³/mol. The summed E-state index contributed by atoms with van der Waals surface area (Å²) in [5.74, 6) is -0.760. The van der Waals surface area contributed by atoms with Gasteiger partial charge in [-0.05, 0) is 33.7 Å². The summed E-state index contributed by atoms with van der Waals surface area (Å²) in [6.45, 7) is 4.68. The van der Waals surface area contributed by atoms with E-state index in [1.54, 1.807) is 0 Å². The number of carbonyl (C=O) groups is 1. The van der Waals surface area contributed by atoms with Crippen LogP contribution in [0.1, 0.15) is 33.1 Å². The molecule has 0 rings (SSSR count). The SMILES string of the molecule is CNC(C)CCOC(C)CCC(=O)O. The third-order valence-corrected chi connectivity index (χ3v) is 2.21. The number of carboxylic acid groups (broad SMARTS) is 1. The van der Waals surface area contributed by atoms with Crippen LogP contribution in [-0.4, -0.2) is 36.9 Å². The Balaban J connectivity index is 3.35. The van der Waals surface area contributed by atoms with Gasteiger partial charge >= 0.3 is 5.97 Å². The molecule has 84 valence electrons. The molecule has 0 saturated heterocycles. The second kappa shape index (κ2) is 7.76. The first-order valence-corrected chi connectivity index (χ1v) is 5.07. The topological polar surface area (TPSA) is 58.6 Å². The lowest BCUT2D eigenvalue weighted by molar-refractivity contribution is -0.137. The van der Waals surface area contributed by atoms with Crippen molar-refractivity contribution in [1.82, 2.24) is 5.32 Å². The summed E-state index contributed by atoms with van der Waals surface area (Å²) < 4.78 is 5.46. The van der Waals surface area contributed by atoms with Crippen molar-refractivity contribution in [2.45, 2.75) is 45.3 Å². The predicted octanol–water partition coefficient (Wildman–Crippen LogP) is 1.25. The standard InChI is InChI=1S/C10H21NO3/c1-8(11-3)6-7-14-9(2)4-5-10(12)13/h8-9,11H,4-7H2,1-3H3,(H,12,13). The van der Waals surface area contributed by atoms with Gasteiger partial charge in [0.2, 0.25) is 0 Å². The summed E-state index contributed by atoms with van der Waals surface area (Å²) in [5.41, 5.74) is 0. The Morgan fingerprint density at radius 1 is 1.43 bits per heavy atom. The Kier molecular flexibility index (Phi) is 7.42. The van der Waals surface area contributed by atoms with E-state index in [4.69, 9.17) is 9.84 Å². The average molecular weight is 203 g/mol. The van der Waals surface area contributed by atoms with Gasteiger partial charge in [0.25, 0.3) is 0 Å². The van der Waals surface area contributed by atoms with Crippen LogP contribution in [0.4, 0.5) is 0 Å². The molecule has 0 aromatic heterocycles. The van der Waals surface area contributed by atoms with Crippen molar-refractivity contribution in [2.75, 3.05) is 13.7 Å².